The third kappa shape index (κ3) is 3.90. The number of amides is 1. The Labute approximate surface area is 142 Å². The van der Waals surface area contributed by atoms with E-state index in [0.29, 0.717) is 12.0 Å². The highest BCUT2D eigenvalue weighted by molar-refractivity contribution is 5.94. The topological polar surface area (TPSA) is 57.8 Å². The van der Waals surface area contributed by atoms with Crippen molar-refractivity contribution < 1.29 is 4.79 Å². The van der Waals surface area contributed by atoms with Crippen molar-refractivity contribution in [1.82, 2.24) is 15.3 Å². The Kier molecular flexibility index (Phi) is 5.06. The molecule has 1 heterocycles. The van der Waals surface area contributed by atoms with Crippen LogP contribution in [0, 0.1) is 0 Å². The van der Waals surface area contributed by atoms with Crippen LogP contribution >= 0.6 is 0 Å². The van der Waals surface area contributed by atoms with Crippen molar-refractivity contribution in [2.75, 3.05) is 0 Å². The Morgan fingerprint density at radius 3 is 2.50 bits per heavy atom. The van der Waals surface area contributed by atoms with E-state index in [0.717, 1.165) is 17.8 Å². The molecule has 0 fully saturated rings. The Morgan fingerprint density at radius 2 is 1.88 bits per heavy atom. The quantitative estimate of drug-likeness (QED) is 0.728. The number of carbonyl (C=O) groups excluding carboxylic acids is 1. The molecular weight excluding hydrogens is 298 g/mol. The van der Waals surface area contributed by atoms with Crippen LogP contribution in [0.3, 0.4) is 0 Å². The van der Waals surface area contributed by atoms with Gasteiger partial charge in [0.05, 0.1) is 6.04 Å². The van der Waals surface area contributed by atoms with Crippen molar-refractivity contribution in [1.29, 1.82) is 0 Å². The van der Waals surface area contributed by atoms with Gasteiger partial charge in [0.25, 0.3) is 5.91 Å². The van der Waals surface area contributed by atoms with Crippen LogP contribution in [0.4, 0.5) is 0 Å². The third-order valence-electron chi connectivity index (χ3n) is 4.08. The Hall–Kier alpha value is -2.88. The van der Waals surface area contributed by atoms with Gasteiger partial charge in [0.1, 0.15) is 5.82 Å². The predicted molar refractivity (Wildman–Crippen MR) is 94.8 cm³/mol. The second-order valence-corrected chi connectivity index (χ2v) is 5.73. The molecule has 4 nitrogen and oxygen atoms in total. The van der Waals surface area contributed by atoms with Gasteiger partial charge < -0.3 is 10.3 Å². The molecule has 24 heavy (non-hydrogen) atoms. The number of imidazole rings is 1. The summed E-state index contributed by atoms with van der Waals surface area (Å²) in [5, 5.41) is 3.13. The number of H-pyrrole nitrogens is 1. The highest BCUT2D eigenvalue weighted by Crippen LogP contribution is 2.17. The molecule has 0 aliphatic heterocycles. The highest BCUT2D eigenvalue weighted by Gasteiger charge is 2.17. The second kappa shape index (κ2) is 7.59. The number of aromatic nitrogens is 2. The number of benzene rings is 2. The summed E-state index contributed by atoms with van der Waals surface area (Å²) in [4.78, 5) is 20.0. The predicted octanol–water partition coefficient (Wildman–Crippen LogP) is 3.69. The van der Waals surface area contributed by atoms with Crippen LogP contribution in [0.1, 0.15) is 40.3 Å². The number of hydrogen-bond acceptors (Lipinski definition) is 2. The summed E-state index contributed by atoms with van der Waals surface area (Å²) in [6, 6.07) is 17.6. The Balaban J connectivity index is 1.78. The average molecular weight is 319 g/mol. The van der Waals surface area contributed by atoms with Crippen molar-refractivity contribution in [2.45, 2.75) is 25.8 Å². The molecule has 0 spiro atoms. The van der Waals surface area contributed by atoms with E-state index in [1.54, 1.807) is 12.4 Å². The van der Waals surface area contributed by atoms with Gasteiger partial charge in [0, 0.05) is 24.4 Å². The van der Waals surface area contributed by atoms with Crippen molar-refractivity contribution in [3.8, 4) is 0 Å². The fourth-order valence-electron chi connectivity index (χ4n) is 2.67. The molecule has 4 heteroatoms. The third-order valence-corrected chi connectivity index (χ3v) is 4.08. The van der Waals surface area contributed by atoms with Crippen LogP contribution < -0.4 is 5.32 Å². The summed E-state index contributed by atoms with van der Waals surface area (Å²) in [5.41, 5.74) is 2.96. The molecule has 1 amide bonds. The maximum absolute atomic E-state index is 12.6. The van der Waals surface area contributed by atoms with Crippen LogP contribution in [0.5, 0.6) is 0 Å². The number of carbonyl (C=O) groups is 1. The standard InChI is InChI=1S/C20H21N3O/c1-2-15-8-10-17(11-9-15)20(24)23-18(14-19-21-12-13-22-19)16-6-4-3-5-7-16/h3-13,18H,2,14H2,1H3,(H,21,22)(H,23,24)/t18-/m0/s1. The molecule has 0 aliphatic rings. The summed E-state index contributed by atoms with van der Waals surface area (Å²) < 4.78 is 0. The van der Waals surface area contributed by atoms with Crippen molar-refractivity contribution >= 4 is 5.91 Å². The number of hydrogen-bond donors (Lipinski definition) is 2. The van der Waals surface area contributed by atoms with E-state index < -0.39 is 0 Å². The van der Waals surface area contributed by atoms with Gasteiger partial charge in [-0.25, -0.2) is 4.98 Å². The Morgan fingerprint density at radius 1 is 1.12 bits per heavy atom. The first kappa shape index (κ1) is 16.0. The second-order valence-electron chi connectivity index (χ2n) is 5.73. The van der Waals surface area contributed by atoms with Gasteiger partial charge in [0.2, 0.25) is 0 Å². The molecule has 1 aromatic heterocycles. The molecule has 0 aliphatic carbocycles. The van der Waals surface area contributed by atoms with Gasteiger partial charge in [-0.2, -0.15) is 0 Å². The minimum atomic E-state index is -0.129. The molecule has 0 radical (unpaired) electrons. The van der Waals surface area contributed by atoms with Gasteiger partial charge in [-0.1, -0.05) is 49.4 Å². The number of aryl methyl sites for hydroxylation is 1. The van der Waals surface area contributed by atoms with E-state index in [4.69, 9.17) is 0 Å². The molecule has 0 saturated heterocycles. The molecule has 2 aromatic carbocycles. The molecule has 122 valence electrons. The van der Waals surface area contributed by atoms with Crippen LogP contribution in [-0.2, 0) is 12.8 Å². The molecular formula is C20H21N3O. The van der Waals surface area contributed by atoms with E-state index >= 15 is 0 Å². The molecule has 2 N–H and O–H groups in total. The van der Waals surface area contributed by atoms with Crippen LogP contribution in [0.25, 0.3) is 0 Å². The lowest BCUT2D eigenvalue weighted by Gasteiger charge is -2.18. The summed E-state index contributed by atoms with van der Waals surface area (Å²) in [6.07, 6.45) is 5.11. The Bertz CT molecular complexity index is 764. The zero-order valence-corrected chi connectivity index (χ0v) is 13.7. The summed E-state index contributed by atoms with van der Waals surface area (Å²) in [5.74, 6) is 0.781. The molecule has 1 atom stereocenters. The normalized spacial score (nSPS) is 11.9. The average Bonchev–Trinajstić information content (AvgIpc) is 3.15. The maximum atomic E-state index is 12.6. The largest absolute Gasteiger partial charge is 0.349 e. The first-order chi connectivity index (χ1) is 11.8. The zero-order chi connectivity index (χ0) is 16.8. The lowest BCUT2D eigenvalue weighted by Crippen LogP contribution is -2.30. The smallest absolute Gasteiger partial charge is 0.251 e. The lowest BCUT2D eigenvalue weighted by molar-refractivity contribution is 0.0936. The minimum absolute atomic E-state index is 0.0712. The van der Waals surface area contributed by atoms with Gasteiger partial charge in [-0.05, 0) is 29.7 Å². The van der Waals surface area contributed by atoms with Gasteiger partial charge in [-0.15, -0.1) is 0 Å². The molecule has 0 unspecified atom stereocenters. The SMILES string of the molecule is CCc1ccc(C(=O)N[C@@H](Cc2ncc[nH]2)c2ccccc2)cc1. The maximum Gasteiger partial charge on any atom is 0.251 e. The van der Waals surface area contributed by atoms with E-state index in [1.165, 1.54) is 5.56 Å². The highest BCUT2D eigenvalue weighted by atomic mass is 16.1. The van der Waals surface area contributed by atoms with Crippen molar-refractivity contribution in [2.24, 2.45) is 0 Å². The van der Waals surface area contributed by atoms with Crippen LogP contribution in [0.15, 0.2) is 67.0 Å². The van der Waals surface area contributed by atoms with Gasteiger partial charge >= 0.3 is 0 Å². The lowest BCUT2D eigenvalue weighted by atomic mass is 10.0. The van der Waals surface area contributed by atoms with Gasteiger partial charge in [0.15, 0.2) is 0 Å². The minimum Gasteiger partial charge on any atom is -0.349 e. The first-order valence-electron chi connectivity index (χ1n) is 8.19. The van der Waals surface area contributed by atoms with E-state index in [9.17, 15) is 4.79 Å². The molecule has 3 aromatic rings. The fraction of sp³-hybridized carbons (Fsp3) is 0.200. The molecule has 0 bridgehead atoms. The van der Waals surface area contributed by atoms with Crippen molar-refractivity contribution in [3.05, 3.63) is 89.5 Å². The van der Waals surface area contributed by atoms with Crippen LogP contribution in [-0.4, -0.2) is 15.9 Å². The fourth-order valence-corrected chi connectivity index (χ4v) is 2.67. The van der Waals surface area contributed by atoms with E-state index in [2.05, 4.69) is 22.2 Å². The summed E-state index contributed by atoms with van der Waals surface area (Å²) in [7, 11) is 0. The molecule has 3 rings (SSSR count). The van der Waals surface area contributed by atoms with E-state index in [-0.39, 0.29) is 11.9 Å². The van der Waals surface area contributed by atoms with Crippen molar-refractivity contribution in [3.63, 3.8) is 0 Å². The monoisotopic (exact) mass is 319 g/mol. The summed E-state index contributed by atoms with van der Waals surface area (Å²) in [6.45, 7) is 2.10. The zero-order valence-electron chi connectivity index (χ0n) is 13.7. The summed E-state index contributed by atoms with van der Waals surface area (Å²) >= 11 is 0. The molecule has 0 saturated carbocycles. The number of nitrogens with one attached hydrogen (secondary N) is 2. The number of rotatable bonds is 6. The first-order valence-corrected chi connectivity index (χ1v) is 8.19. The van der Waals surface area contributed by atoms with Crippen LogP contribution in [0.2, 0.25) is 0 Å². The number of nitrogens with zero attached hydrogens (tertiary/aromatic N) is 1. The number of aromatic amines is 1. The van der Waals surface area contributed by atoms with E-state index in [1.807, 2.05) is 54.6 Å². The van der Waals surface area contributed by atoms with Gasteiger partial charge in [-0.3, -0.25) is 4.79 Å².